The third-order valence-electron chi connectivity index (χ3n) is 2.99. The molecule has 2 aliphatic rings. The number of hydrogen-bond donors (Lipinski definition) is 0. The van der Waals surface area contributed by atoms with Gasteiger partial charge in [0, 0.05) is 0 Å². The maximum absolute atomic E-state index is 2.55. The minimum absolute atomic E-state index is 1.15. The molecule has 0 aromatic carbocycles. The zero-order valence-corrected chi connectivity index (χ0v) is 11.9. The first-order valence-corrected chi connectivity index (χ1v) is 11.4. The summed E-state index contributed by atoms with van der Waals surface area (Å²) in [7, 11) is 0. The van der Waals surface area contributed by atoms with Crippen LogP contribution in [0.15, 0.2) is 10.5 Å². The van der Waals surface area contributed by atoms with Crippen LogP contribution in [0.5, 0.6) is 0 Å². The summed E-state index contributed by atoms with van der Waals surface area (Å²) in [5.41, 5.74) is 0. The molecule has 0 saturated heterocycles. The van der Waals surface area contributed by atoms with Crippen molar-refractivity contribution in [3.8, 4) is 0 Å². The Morgan fingerprint density at radius 3 is 3.15 bits per heavy atom. The minimum atomic E-state index is -1.15. The van der Waals surface area contributed by atoms with Gasteiger partial charge in [-0.05, 0) is 0 Å². The molecule has 68 valence electrons. The summed E-state index contributed by atoms with van der Waals surface area (Å²) < 4.78 is 3.69. The Labute approximate surface area is 91.5 Å². The van der Waals surface area contributed by atoms with Gasteiger partial charge in [0.15, 0.2) is 0 Å². The average molecular weight is 269 g/mol. The van der Waals surface area contributed by atoms with Crippen LogP contribution in [0, 0.1) is 6.92 Å². The first kappa shape index (κ1) is 8.63. The molecule has 0 aliphatic carbocycles. The summed E-state index contributed by atoms with van der Waals surface area (Å²) >= 11 is 2.98. The van der Waals surface area contributed by atoms with Crippen LogP contribution >= 0.6 is 23.1 Å². The van der Waals surface area contributed by atoms with Crippen molar-refractivity contribution >= 4 is 46.7 Å². The van der Waals surface area contributed by atoms with Crippen molar-refractivity contribution in [2.45, 2.75) is 19.1 Å². The van der Waals surface area contributed by atoms with Crippen LogP contribution in [0.4, 0.5) is 0 Å². The number of aryl methyl sites for hydroxylation is 1. The molecule has 3 rings (SSSR count). The summed E-state index contributed by atoms with van der Waals surface area (Å²) in [5, 5.41) is 0. The Balaban J connectivity index is 2.21. The van der Waals surface area contributed by atoms with Crippen LogP contribution < -0.4 is 4.40 Å². The van der Waals surface area contributed by atoms with Crippen LogP contribution in [-0.4, -0.2) is 20.1 Å². The number of rotatable bonds is 0. The van der Waals surface area contributed by atoms with Gasteiger partial charge < -0.3 is 0 Å². The van der Waals surface area contributed by atoms with Crippen molar-refractivity contribution in [3.63, 3.8) is 0 Å². The topological polar surface area (TPSA) is 0 Å². The van der Waals surface area contributed by atoms with Gasteiger partial charge in [-0.3, -0.25) is 0 Å². The van der Waals surface area contributed by atoms with Gasteiger partial charge in [0.1, 0.15) is 0 Å². The SMILES string of the molecule is Cc1c[c]2c(s1)C1=[C](CCS1)[GeH]2[CH3]. The summed E-state index contributed by atoms with van der Waals surface area (Å²) in [6.07, 6.45) is 1.40. The fourth-order valence-electron chi connectivity index (χ4n) is 2.31. The van der Waals surface area contributed by atoms with E-state index in [1.165, 1.54) is 17.1 Å². The van der Waals surface area contributed by atoms with Gasteiger partial charge >= 0.3 is 91.8 Å². The Morgan fingerprint density at radius 1 is 1.46 bits per heavy atom. The molecule has 1 aromatic rings. The van der Waals surface area contributed by atoms with E-state index in [0.29, 0.717) is 0 Å². The van der Waals surface area contributed by atoms with Crippen molar-refractivity contribution in [2.24, 2.45) is 0 Å². The van der Waals surface area contributed by atoms with Crippen molar-refractivity contribution in [2.75, 3.05) is 5.75 Å². The van der Waals surface area contributed by atoms with E-state index in [2.05, 4.69) is 30.5 Å². The number of allylic oxidation sites excluding steroid dienone is 1. The van der Waals surface area contributed by atoms with Crippen molar-refractivity contribution < 1.29 is 0 Å². The number of thiophene rings is 1. The second-order valence-electron chi connectivity index (χ2n) is 3.82. The molecular weight excluding hydrogens is 257 g/mol. The van der Waals surface area contributed by atoms with Gasteiger partial charge in [-0.15, -0.1) is 0 Å². The molecule has 0 fully saturated rings. The zero-order chi connectivity index (χ0) is 9.00. The standard InChI is InChI=1S/C10H12GeS2/c1-6-5-8-10(13-6)9-7(11(8)2)3-4-12-9/h5,11H,3-4H2,1-2H3. The zero-order valence-electron chi connectivity index (χ0n) is 7.89. The molecule has 2 aliphatic heterocycles. The van der Waals surface area contributed by atoms with Gasteiger partial charge in [-0.1, -0.05) is 0 Å². The van der Waals surface area contributed by atoms with Crippen LogP contribution in [0.25, 0.3) is 4.91 Å². The molecule has 0 N–H and O–H groups in total. The average Bonchev–Trinajstić information content (AvgIpc) is 2.70. The molecule has 3 heteroatoms. The first-order valence-electron chi connectivity index (χ1n) is 4.74. The van der Waals surface area contributed by atoms with Crippen LogP contribution in [0.1, 0.15) is 16.2 Å². The summed E-state index contributed by atoms with van der Waals surface area (Å²) in [6, 6.07) is 2.46. The third-order valence-corrected chi connectivity index (χ3v) is 12.6. The van der Waals surface area contributed by atoms with Crippen LogP contribution in [0.2, 0.25) is 5.76 Å². The third kappa shape index (κ3) is 1.12. The van der Waals surface area contributed by atoms with E-state index in [9.17, 15) is 0 Å². The fraction of sp³-hybridized carbons (Fsp3) is 0.400. The monoisotopic (exact) mass is 270 g/mol. The summed E-state index contributed by atoms with van der Waals surface area (Å²) in [4.78, 5) is 4.89. The van der Waals surface area contributed by atoms with Gasteiger partial charge in [0.2, 0.25) is 0 Å². The van der Waals surface area contributed by atoms with Crippen LogP contribution in [-0.2, 0) is 0 Å². The molecule has 0 nitrogen and oxygen atoms in total. The molecule has 0 spiro atoms. The second-order valence-corrected chi connectivity index (χ2v) is 12.0. The molecule has 0 bridgehead atoms. The van der Waals surface area contributed by atoms with E-state index in [4.69, 9.17) is 0 Å². The molecule has 1 aromatic heterocycles. The Bertz CT molecular complexity index is 403. The van der Waals surface area contributed by atoms with E-state index in [1.54, 1.807) is 14.2 Å². The predicted octanol–water partition coefficient (Wildman–Crippen LogP) is 2.52. The van der Waals surface area contributed by atoms with E-state index in [1.807, 2.05) is 15.7 Å². The van der Waals surface area contributed by atoms with Crippen LogP contribution in [0.3, 0.4) is 0 Å². The van der Waals surface area contributed by atoms with Gasteiger partial charge in [-0.2, -0.15) is 0 Å². The molecule has 0 amide bonds. The van der Waals surface area contributed by atoms with Gasteiger partial charge in [0.05, 0.1) is 0 Å². The van der Waals surface area contributed by atoms with E-state index in [-0.39, 0.29) is 0 Å². The molecule has 0 radical (unpaired) electrons. The van der Waals surface area contributed by atoms with Crippen molar-refractivity contribution in [1.29, 1.82) is 0 Å². The summed E-state index contributed by atoms with van der Waals surface area (Å²) in [6.45, 7) is 2.25. The molecule has 3 heterocycles. The van der Waals surface area contributed by atoms with E-state index in [0.717, 1.165) is 0 Å². The van der Waals surface area contributed by atoms with Crippen molar-refractivity contribution in [1.82, 2.24) is 0 Å². The van der Waals surface area contributed by atoms with E-state index < -0.39 is 14.3 Å². The van der Waals surface area contributed by atoms with Crippen molar-refractivity contribution in [3.05, 3.63) is 20.2 Å². The van der Waals surface area contributed by atoms with Gasteiger partial charge in [-0.25, -0.2) is 0 Å². The molecule has 13 heavy (non-hydrogen) atoms. The first-order chi connectivity index (χ1) is 6.27. The molecule has 0 saturated carbocycles. The quantitative estimate of drug-likeness (QED) is 0.652. The number of thioether (sulfide) groups is 1. The molecule has 1 unspecified atom stereocenters. The Morgan fingerprint density at radius 2 is 2.31 bits per heavy atom. The van der Waals surface area contributed by atoms with E-state index >= 15 is 0 Å². The Kier molecular flexibility index (Phi) is 1.93. The normalized spacial score (nSPS) is 25.2. The maximum atomic E-state index is 2.55. The van der Waals surface area contributed by atoms with Gasteiger partial charge in [0.25, 0.3) is 0 Å². The number of fused-ring (bicyclic) bond motifs is 2. The summed E-state index contributed by atoms with van der Waals surface area (Å²) in [5.74, 6) is 3.91. The fourth-order valence-corrected chi connectivity index (χ4v) is 13.8. The molecular formula is C10H12GeS2. The molecule has 1 atom stereocenters. The predicted molar refractivity (Wildman–Crippen MR) is 65.7 cm³/mol. The second kappa shape index (κ2) is 2.91. The Hall–Kier alpha value is 0.333. The number of hydrogen-bond acceptors (Lipinski definition) is 2.